The number of rotatable bonds is 7. The standard InChI is InChI=1S/C19H16ClN3O4/c20-16-4-2-1-3-14(16)11-22-18(25)12-27-19(26)13-5-7-15(8-6-13)23-17(24)9-10-21/h1-8H,9,11-12H2,(H,22,25)(H,23,24). The molecule has 2 aromatic carbocycles. The van der Waals surface area contributed by atoms with Crippen molar-refractivity contribution in [3.63, 3.8) is 0 Å². The summed E-state index contributed by atoms with van der Waals surface area (Å²) in [5.74, 6) is -1.57. The van der Waals surface area contributed by atoms with Gasteiger partial charge in [0.15, 0.2) is 6.61 Å². The molecule has 0 aromatic heterocycles. The highest BCUT2D eigenvalue weighted by Gasteiger charge is 2.11. The first kappa shape index (κ1) is 19.9. The normalized spacial score (nSPS) is 9.78. The lowest BCUT2D eigenvalue weighted by atomic mass is 10.2. The highest BCUT2D eigenvalue weighted by atomic mass is 35.5. The van der Waals surface area contributed by atoms with Gasteiger partial charge in [-0.1, -0.05) is 29.8 Å². The maximum absolute atomic E-state index is 12.0. The Kier molecular flexibility index (Phi) is 7.35. The monoisotopic (exact) mass is 385 g/mol. The van der Waals surface area contributed by atoms with Crippen molar-refractivity contribution in [1.82, 2.24) is 5.32 Å². The van der Waals surface area contributed by atoms with E-state index in [-0.39, 0.29) is 18.5 Å². The molecule has 0 spiro atoms. The van der Waals surface area contributed by atoms with Crippen LogP contribution in [0.15, 0.2) is 48.5 Å². The number of nitrogens with one attached hydrogen (secondary N) is 2. The summed E-state index contributed by atoms with van der Waals surface area (Å²) < 4.78 is 4.95. The molecule has 8 heteroatoms. The highest BCUT2D eigenvalue weighted by molar-refractivity contribution is 6.31. The number of carbonyl (C=O) groups excluding carboxylic acids is 3. The topological polar surface area (TPSA) is 108 Å². The number of carbonyl (C=O) groups is 3. The van der Waals surface area contributed by atoms with Crippen molar-refractivity contribution in [3.05, 3.63) is 64.7 Å². The summed E-state index contributed by atoms with van der Waals surface area (Å²) in [6.07, 6.45) is -0.257. The lowest BCUT2D eigenvalue weighted by molar-refractivity contribution is -0.124. The summed E-state index contributed by atoms with van der Waals surface area (Å²) in [7, 11) is 0. The molecule has 0 heterocycles. The van der Waals surface area contributed by atoms with E-state index in [1.165, 1.54) is 24.3 Å². The van der Waals surface area contributed by atoms with Crippen LogP contribution in [0.25, 0.3) is 0 Å². The smallest absolute Gasteiger partial charge is 0.338 e. The maximum Gasteiger partial charge on any atom is 0.338 e. The minimum atomic E-state index is -0.669. The Morgan fingerprint density at radius 3 is 2.41 bits per heavy atom. The molecular formula is C19H16ClN3O4. The largest absolute Gasteiger partial charge is 0.452 e. The summed E-state index contributed by atoms with van der Waals surface area (Å²) >= 11 is 6.00. The quantitative estimate of drug-likeness (QED) is 0.712. The van der Waals surface area contributed by atoms with E-state index in [0.29, 0.717) is 10.7 Å². The van der Waals surface area contributed by atoms with Crippen LogP contribution in [-0.4, -0.2) is 24.4 Å². The van der Waals surface area contributed by atoms with E-state index in [0.717, 1.165) is 5.56 Å². The second-order valence-corrected chi connectivity index (χ2v) is 5.81. The van der Waals surface area contributed by atoms with Gasteiger partial charge in [-0.05, 0) is 35.9 Å². The molecule has 2 amide bonds. The SMILES string of the molecule is N#CCC(=O)Nc1ccc(C(=O)OCC(=O)NCc2ccccc2Cl)cc1. The third-order valence-electron chi connectivity index (χ3n) is 3.41. The lowest BCUT2D eigenvalue weighted by Gasteiger charge is -2.08. The van der Waals surface area contributed by atoms with Gasteiger partial charge < -0.3 is 15.4 Å². The Labute approximate surface area is 160 Å². The van der Waals surface area contributed by atoms with Crippen molar-refractivity contribution < 1.29 is 19.1 Å². The Morgan fingerprint density at radius 2 is 1.74 bits per heavy atom. The number of ether oxygens (including phenoxy) is 1. The molecule has 0 unspecified atom stereocenters. The van der Waals surface area contributed by atoms with Crippen LogP contribution in [-0.2, 0) is 20.9 Å². The zero-order valence-electron chi connectivity index (χ0n) is 14.2. The molecule has 0 saturated heterocycles. The second-order valence-electron chi connectivity index (χ2n) is 5.40. The van der Waals surface area contributed by atoms with Crippen molar-refractivity contribution in [2.24, 2.45) is 0 Å². The molecule has 138 valence electrons. The van der Waals surface area contributed by atoms with Crippen LogP contribution in [0.1, 0.15) is 22.3 Å². The summed E-state index contributed by atoms with van der Waals surface area (Å²) in [4.78, 5) is 35.1. The first-order valence-electron chi connectivity index (χ1n) is 7.93. The van der Waals surface area contributed by atoms with Crippen LogP contribution in [0.5, 0.6) is 0 Å². The van der Waals surface area contributed by atoms with Crippen LogP contribution >= 0.6 is 11.6 Å². The minimum Gasteiger partial charge on any atom is -0.452 e. The van der Waals surface area contributed by atoms with Crippen molar-refractivity contribution in [3.8, 4) is 6.07 Å². The van der Waals surface area contributed by atoms with E-state index in [4.69, 9.17) is 21.6 Å². The number of esters is 1. The van der Waals surface area contributed by atoms with Gasteiger partial charge in [0.05, 0.1) is 11.6 Å². The van der Waals surface area contributed by atoms with E-state index in [9.17, 15) is 14.4 Å². The molecule has 7 nitrogen and oxygen atoms in total. The summed E-state index contributed by atoms with van der Waals surface area (Å²) in [5, 5.41) is 14.1. The van der Waals surface area contributed by atoms with Crippen LogP contribution in [0.2, 0.25) is 5.02 Å². The molecule has 0 bridgehead atoms. The fourth-order valence-electron chi connectivity index (χ4n) is 2.07. The van der Waals surface area contributed by atoms with Crippen molar-refractivity contribution in [2.75, 3.05) is 11.9 Å². The molecule has 0 saturated carbocycles. The average Bonchev–Trinajstić information content (AvgIpc) is 2.66. The third kappa shape index (κ3) is 6.45. The van der Waals surface area contributed by atoms with Crippen LogP contribution < -0.4 is 10.6 Å². The summed E-state index contributed by atoms with van der Waals surface area (Å²) in [5.41, 5.74) is 1.43. The Bertz CT molecular complexity index is 875. The molecule has 2 rings (SSSR count). The van der Waals surface area contributed by atoms with Gasteiger partial charge in [-0.2, -0.15) is 5.26 Å². The minimum absolute atomic E-state index is 0.229. The number of nitriles is 1. The maximum atomic E-state index is 12.0. The zero-order chi connectivity index (χ0) is 19.6. The number of benzene rings is 2. The molecule has 0 aliphatic carbocycles. The Hall–Kier alpha value is -3.37. The van der Waals surface area contributed by atoms with Crippen LogP contribution in [0, 0.1) is 11.3 Å². The second kappa shape index (κ2) is 9.94. The number of hydrogen-bond donors (Lipinski definition) is 2. The Balaban J connectivity index is 1.79. The molecular weight excluding hydrogens is 370 g/mol. The fraction of sp³-hybridized carbons (Fsp3) is 0.158. The van der Waals surface area contributed by atoms with Crippen molar-refractivity contribution in [2.45, 2.75) is 13.0 Å². The number of nitrogens with zero attached hydrogens (tertiary/aromatic N) is 1. The van der Waals surface area contributed by atoms with Gasteiger partial charge in [-0.3, -0.25) is 9.59 Å². The lowest BCUT2D eigenvalue weighted by Crippen LogP contribution is -2.28. The summed E-state index contributed by atoms with van der Waals surface area (Å²) in [6.45, 7) is -0.197. The summed E-state index contributed by atoms with van der Waals surface area (Å²) in [6, 6.07) is 14.7. The van der Waals surface area contributed by atoms with Gasteiger partial charge in [0.2, 0.25) is 5.91 Å². The molecule has 0 fully saturated rings. The highest BCUT2D eigenvalue weighted by Crippen LogP contribution is 2.14. The number of halogens is 1. The number of anilines is 1. The fourth-order valence-corrected chi connectivity index (χ4v) is 2.27. The molecule has 0 aliphatic rings. The first-order valence-corrected chi connectivity index (χ1v) is 8.31. The molecule has 2 N–H and O–H groups in total. The molecule has 27 heavy (non-hydrogen) atoms. The van der Waals surface area contributed by atoms with Crippen LogP contribution in [0.3, 0.4) is 0 Å². The molecule has 0 aliphatic heterocycles. The first-order chi connectivity index (χ1) is 13.0. The molecule has 0 radical (unpaired) electrons. The van der Waals surface area contributed by atoms with Crippen molar-refractivity contribution >= 4 is 35.1 Å². The van der Waals surface area contributed by atoms with E-state index in [1.54, 1.807) is 30.3 Å². The van der Waals surface area contributed by atoms with E-state index in [2.05, 4.69) is 10.6 Å². The van der Waals surface area contributed by atoms with Gasteiger partial charge in [-0.25, -0.2) is 4.79 Å². The molecule has 0 atom stereocenters. The van der Waals surface area contributed by atoms with Gasteiger partial charge in [0, 0.05) is 17.3 Å². The number of amides is 2. The van der Waals surface area contributed by atoms with Crippen LogP contribution in [0.4, 0.5) is 5.69 Å². The third-order valence-corrected chi connectivity index (χ3v) is 3.78. The van der Waals surface area contributed by atoms with Gasteiger partial charge in [-0.15, -0.1) is 0 Å². The van der Waals surface area contributed by atoms with Gasteiger partial charge in [0.25, 0.3) is 5.91 Å². The van der Waals surface area contributed by atoms with E-state index >= 15 is 0 Å². The predicted molar refractivity (Wildman–Crippen MR) is 98.9 cm³/mol. The van der Waals surface area contributed by atoms with Crippen molar-refractivity contribution in [1.29, 1.82) is 5.26 Å². The van der Waals surface area contributed by atoms with E-state index in [1.807, 2.05) is 0 Å². The van der Waals surface area contributed by atoms with Gasteiger partial charge in [0.1, 0.15) is 6.42 Å². The Morgan fingerprint density at radius 1 is 1.04 bits per heavy atom. The number of hydrogen-bond acceptors (Lipinski definition) is 5. The zero-order valence-corrected chi connectivity index (χ0v) is 15.0. The molecule has 2 aromatic rings. The predicted octanol–water partition coefficient (Wildman–Crippen LogP) is 2.67. The van der Waals surface area contributed by atoms with E-state index < -0.39 is 24.4 Å². The average molecular weight is 386 g/mol. The van der Waals surface area contributed by atoms with Gasteiger partial charge >= 0.3 is 5.97 Å².